The van der Waals surface area contributed by atoms with Gasteiger partial charge in [-0.2, -0.15) is 13.2 Å². The van der Waals surface area contributed by atoms with Gasteiger partial charge in [0.2, 0.25) is 5.91 Å². The van der Waals surface area contributed by atoms with Crippen molar-refractivity contribution in [1.82, 2.24) is 14.9 Å². The van der Waals surface area contributed by atoms with E-state index >= 15 is 0 Å². The monoisotopic (exact) mass is 524 g/mol. The number of carbonyl (C=O) groups is 1. The zero-order chi connectivity index (χ0) is 25.5. The number of hydrogen-bond acceptors (Lipinski definition) is 7. The van der Waals surface area contributed by atoms with E-state index < -0.39 is 12.8 Å². The van der Waals surface area contributed by atoms with E-state index in [1.165, 1.54) is 11.3 Å². The number of alkyl halides is 3. The van der Waals surface area contributed by atoms with Gasteiger partial charge in [-0.05, 0) is 50.3 Å². The average molecular weight is 525 g/mol. The van der Waals surface area contributed by atoms with E-state index in [0.717, 1.165) is 67.1 Å². The summed E-state index contributed by atoms with van der Waals surface area (Å²) >= 11 is 1.22. The Bertz CT molecular complexity index is 1030. The molecule has 2 aromatic rings. The lowest BCUT2D eigenvalue weighted by Crippen LogP contribution is -2.33. The highest BCUT2D eigenvalue weighted by Crippen LogP contribution is 2.30. The van der Waals surface area contributed by atoms with E-state index in [9.17, 15) is 18.0 Å². The van der Waals surface area contributed by atoms with Gasteiger partial charge in [0.15, 0.2) is 6.61 Å². The molecule has 2 aliphatic rings. The molecule has 196 valence electrons. The first-order valence-electron chi connectivity index (χ1n) is 12.2. The average Bonchev–Trinajstić information content (AvgIpc) is 3.13. The van der Waals surface area contributed by atoms with Gasteiger partial charge in [0.1, 0.15) is 0 Å². The van der Waals surface area contributed by atoms with Crippen LogP contribution in [0.5, 0.6) is 5.19 Å². The van der Waals surface area contributed by atoms with Gasteiger partial charge in [0.05, 0.1) is 24.8 Å². The van der Waals surface area contributed by atoms with Crippen LogP contribution in [-0.2, 0) is 28.8 Å². The Hall–Kier alpha value is -2.37. The lowest BCUT2D eigenvalue weighted by molar-refractivity contribution is -0.153. The number of pyridine rings is 1. The predicted octanol–water partition coefficient (Wildman–Crippen LogP) is 4.21. The maximum Gasteiger partial charge on any atom is 0.422 e. The zero-order valence-corrected chi connectivity index (χ0v) is 21.1. The van der Waals surface area contributed by atoms with Crippen molar-refractivity contribution >= 4 is 23.5 Å². The van der Waals surface area contributed by atoms with Crippen LogP contribution in [0.4, 0.5) is 13.2 Å². The highest BCUT2D eigenvalue weighted by Gasteiger charge is 2.30. The molecular weight excluding hydrogens is 493 g/mol. The number of hydrogen-bond donors (Lipinski definition) is 0. The Balaban J connectivity index is 1.14. The van der Waals surface area contributed by atoms with Crippen molar-refractivity contribution < 1.29 is 27.4 Å². The molecular formula is C25H31F3N4O3S. The van der Waals surface area contributed by atoms with E-state index in [1.807, 2.05) is 19.1 Å². The maximum atomic E-state index is 12.4. The normalized spacial score (nSPS) is 21.3. The van der Waals surface area contributed by atoms with Crippen molar-refractivity contribution in [3.05, 3.63) is 40.2 Å². The van der Waals surface area contributed by atoms with E-state index in [0.29, 0.717) is 13.0 Å². The third kappa shape index (κ3) is 8.35. The number of carbonyl (C=O) groups excluding carboxylic acids is 1. The van der Waals surface area contributed by atoms with Crippen molar-refractivity contribution in [3.63, 3.8) is 0 Å². The second-order valence-electron chi connectivity index (χ2n) is 9.33. The topological polar surface area (TPSA) is 76.9 Å². The Kier molecular flexibility index (Phi) is 9.08. The van der Waals surface area contributed by atoms with Gasteiger partial charge in [0.25, 0.3) is 5.19 Å². The van der Waals surface area contributed by atoms with Crippen LogP contribution >= 0.6 is 11.3 Å². The first-order valence-corrected chi connectivity index (χ1v) is 13.1. The van der Waals surface area contributed by atoms with Crippen LogP contribution in [0.1, 0.15) is 41.1 Å². The van der Waals surface area contributed by atoms with Crippen LogP contribution in [0.2, 0.25) is 0 Å². The molecule has 2 aromatic heterocycles. The molecule has 0 radical (unpaired) electrons. The molecule has 0 N–H and O–H groups in total. The molecule has 2 atom stereocenters. The summed E-state index contributed by atoms with van der Waals surface area (Å²) in [4.78, 5) is 28.1. The van der Waals surface area contributed by atoms with E-state index in [-0.39, 0.29) is 29.5 Å². The Morgan fingerprint density at radius 2 is 2.17 bits per heavy atom. The molecule has 7 nitrogen and oxygen atoms in total. The molecule has 1 saturated heterocycles. The molecule has 0 aromatic carbocycles. The Morgan fingerprint density at radius 1 is 1.33 bits per heavy atom. The lowest BCUT2D eigenvalue weighted by atomic mass is 9.98. The Labute approximate surface area is 212 Å². The zero-order valence-electron chi connectivity index (χ0n) is 20.3. The van der Waals surface area contributed by atoms with Crippen LogP contribution in [0.25, 0.3) is 0 Å². The van der Waals surface area contributed by atoms with Crippen molar-refractivity contribution in [2.24, 2.45) is 10.9 Å². The molecule has 1 unspecified atom stereocenters. The standard InChI is InChI=1S/C25H31F3N4O3S/c1-17-12-18(4-8-29-17)13-23(33)30-14-19-2-3-20(34-15-19)5-9-32-10-6-21-22(7-11-32)36-24(31-21)35-16-25(26,27)28/h4,8,12,14,19-20H,2-3,5-7,9-11,13,15-16H2,1H3/t19?,20-/m1/s1. The second kappa shape index (κ2) is 12.2. The smallest absolute Gasteiger partial charge is 0.422 e. The third-order valence-corrected chi connectivity index (χ3v) is 7.43. The van der Waals surface area contributed by atoms with Crippen LogP contribution in [0.15, 0.2) is 23.3 Å². The molecule has 1 fully saturated rings. The molecule has 0 bridgehead atoms. The minimum absolute atomic E-state index is 0.105. The van der Waals surface area contributed by atoms with Crippen molar-refractivity contribution in [2.75, 3.05) is 32.8 Å². The summed E-state index contributed by atoms with van der Waals surface area (Å²) in [5.74, 6) is -0.00990. The van der Waals surface area contributed by atoms with Crippen LogP contribution in [0, 0.1) is 12.8 Å². The van der Waals surface area contributed by atoms with Gasteiger partial charge < -0.3 is 14.4 Å². The number of fused-ring (bicyclic) bond motifs is 1. The fraction of sp³-hybridized carbons (Fsp3) is 0.600. The van der Waals surface area contributed by atoms with Crippen LogP contribution in [0.3, 0.4) is 0 Å². The summed E-state index contributed by atoms with van der Waals surface area (Å²) < 4.78 is 48.0. The van der Waals surface area contributed by atoms with Crippen molar-refractivity contribution in [1.29, 1.82) is 0 Å². The largest absolute Gasteiger partial charge is 0.460 e. The number of aliphatic imine (C=N–C) groups is 1. The summed E-state index contributed by atoms with van der Waals surface area (Å²) in [6.07, 6.45) is 3.80. The van der Waals surface area contributed by atoms with Crippen molar-refractivity contribution in [2.45, 2.75) is 57.7 Å². The fourth-order valence-corrected chi connectivity index (χ4v) is 5.38. The van der Waals surface area contributed by atoms with Crippen molar-refractivity contribution in [3.8, 4) is 5.19 Å². The Morgan fingerprint density at radius 3 is 2.92 bits per heavy atom. The second-order valence-corrected chi connectivity index (χ2v) is 10.4. The third-order valence-electron chi connectivity index (χ3n) is 6.36. The highest BCUT2D eigenvalue weighted by molar-refractivity contribution is 7.13. The molecule has 0 spiro atoms. The molecule has 0 aliphatic carbocycles. The summed E-state index contributed by atoms with van der Waals surface area (Å²) in [5.41, 5.74) is 2.65. The summed E-state index contributed by atoms with van der Waals surface area (Å²) in [7, 11) is 0. The molecule has 4 rings (SSSR count). The van der Waals surface area contributed by atoms with Crippen LogP contribution in [-0.4, -0.2) is 72.1 Å². The van der Waals surface area contributed by atoms with Gasteiger partial charge in [-0.3, -0.25) is 9.78 Å². The van der Waals surface area contributed by atoms with Crippen LogP contribution < -0.4 is 4.74 Å². The molecule has 2 aliphatic heterocycles. The molecule has 4 heterocycles. The molecule has 1 amide bonds. The number of halogens is 3. The van der Waals surface area contributed by atoms with Gasteiger partial charge in [-0.15, -0.1) is 0 Å². The lowest BCUT2D eigenvalue weighted by Gasteiger charge is -2.29. The van der Waals surface area contributed by atoms with E-state index in [1.54, 1.807) is 12.4 Å². The van der Waals surface area contributed by atoms with E-state index in [4.69, 9.17) is 9.47 Å². The van der Waals surface area contributed by atoms with Gasteiger partial charge in [0, 0.05) is 55.0 Å². The maximum absolute atomic E-state index is 12.4. The number of aromatic nitrogens is 2. The number of ether oxygens (including phenoxy) is 2. The quantitative estimate of drug-likeness (QED) is 0.482. The number of aryl methyl sites for hydroxylation is 1. The minimum atomic E-state index is -4.36. The molecule has 36 heavy (non-hydrogen) atoms. The minimum Gasteiger partial charge on any atom is -0.460 e. The first kappa shape index (κ1) is 26.7. The molecule has 0 saturated carbocycles. The summed E-state index contributed by atoms with van der Waals surface area (Å²) in [6.45, 7) is 3.72. The SMILES string of the molecule is Cc1cc(CC(=O)N=CC2CC[C@H](CCN3CCc4nc(OCC(F)(F)F)sc4CC3)OC2)ccn1. The van der Waals surface area contributed by atoms with Gasteiger partial charge >= 0.3 is 6.18 Å². The van der Waals surface area contributed by atoms with Gasteiger partial charge in [-0.25, -0.2) is 9.98 Å². The predicted molar refractivity (Wildman–Crippen MR) is 131 cm³/mol. The highest BCUT2D eigenvalue weighted by atomic mass is 32.1. The summed E-state index contributed by atoms with van der Waals surface area (Å²) in [6, 6.07) is 3.73. The molecule has 11 heteroatoms. The van der Waals surface area contributed by atoms with Gasteiger partial charge in [-0.1, -0.05) is 11.3 Å². The first-order chi connectivity index (χ1) is 17.2. The number of rotatable bonds is 8. The van der Waals surface area contributed by atoms with E-state index in [2.05, 4.69) is 19.9 Å². The number of thiazole rings is 1. The summed E-state index contributed by atoms with van der Waals surface area (Å²) in [5, 5.41) is 0.105. The number of nitrogens with zero attached hydrogens (tertiary/aromatic N) is 4. The fourth-order valence-electron chi connectivity index (χ4n) is 4.44. The number of amides is 1.